The van der Waals surface area contributed by atoms with Gasteiger partial charge in [-0.2, -0.15) is 0 Å². The molecule has 1 amide bonds. The van der Waals surface area contributed by atoms with Gasteiger partial charge in [-0.05, 0) is 25.4 Å². The average Bonchev–Trinajstić information content (AvgIpc) is 2.99. The fourth-order valence-corrected chi connectivity index (χ4v) is 2.58. The third-order valence-corrected chi connectivity index (χ3v) is 4.18. The predicted molar refractivity (Wildman–Crippen MR) is 84.0 cm³/mol. The van der Waals surface area contributed by atoms with E-state index in [-0.39, 0.29) is 11.9 Å². The van der Waals surface area contributed by atoms with Gasteiger partial charge in [0.25, 0.3) is 0 Å². The SMILES string of the molecule is C[C@H](Cc1cnccn1)N(C)CC(=O)NCc1cccs1. The van der Waals surface area contributed by atoms with Crippen molar-refractivity contribution in [3.63, 3.8) is 0 Å². The number of carbonyl (C=O) groups excluding carboxylic acids is 1. The van der Waals surface area contributed by atoms with Gasteiger partial charge in [-0.25, -0.2) is 0 Å². The van der Waals surface area contributed by atoms with Crippen molar-refractivity contribution in [2.45, 2.75) is 25.9 Å². The van der Waals surface area contributed by atoms with Gasteiger partial charge in [0.05, 0.1) is 18.8 Å². The summed E-state index contributed by atoms with van der Waals surface area (Å²) in [7, 11) is 1.95. The lowest BCUT2D eigenvalue weighted by molar-refractivity contribution is -0.122. The van der Waals surface area contributed by atoms with Crippen molar-refractivity contribution >= 4 is 17.2 Å². The average molecular weight is 304 g/mol. The molecule has 2 aromatic heterocycles. The molecule has 6 heteroatoms. The van der Waals surface area contributed by atoms with E-state index in [9.17, 15) is 4.79 Å². The fraction of sp³-hybridized carbons (Fsp3) is 0.400. The number of nitrogens with zero attached hydrogens (tertiary/aromatic N) is 3. The van der Waals surface area contributed by atoms with Crippen LogP contribution in [0.1, 0.15) is 17.5 Å². The number of amides is 1. The van der Waals surface area contributed by atoms with E-state index in [0.717, 1.165) is 12.1 Å². The molecule has 21 heavy (non-hydrogen) atoms. The zero-order chi connectivity index (χ0) is 15.1. The standard InChI is InChI=1S/C15H20N4OS/c1-12(8-13-9-16-5-6-17-13)19(2)11-15(20)18-10-14-4-3-7-21-14/h3-7,9,12H,8,10-11H2,1-2H3,(H,18,20)/t12-/m1/s1. The third kappa shape index (κ3) is 5.24. The number of hydrogen-bond donors (Lipinski definition) is 1. The van der Waals surface area contributed by atoms with Gasteiger partial charge in [0.2, 0.25) is 5.91 Å². The quantitative estimate of drug-likeness (QED) is 0.846. The van der Waals surface area contributed by atoms with Crippen LogP contribution in [0.2, 0.25) is 0 Å². The molecule has 0 fully saturated rings. The molecule has 1 atom stereocenters. The Labute approximate surface area is 129 Å². The van der Waals surface area contributed by atoms with Gasteiger partial charge in [0, 0.05) is 35.9 Å². The van der Waals surface area contributed by atoms with Crippen molar-refractivity contribution in [3.8, 4) is 0 Å². The molecule has 0 bridgehead atoms. The molecule has 112 valence electrons. The van der Waals surface area contributed by atoms with E-state index < -0.39 is 0 Å². The van der Waals surface area contributed by atoms with E-state index >= 15 is 0 Å². The zero-order valence-corrected chi connectivity index (χ0v) is 13.1. The highest BCUT2D eigenvalue weighted by Crippen LogP contribution is 2.07. The second kappa shape index (κ2) is 7.85. The Morgan fingerprint density at radius 1 is 1.48 bits per heavy atom. The van der Waals surface area contributed by atoms with Crippen molar-refractivity contribution < 1.29 is 4.79 Å². The second-order valence-corrected chi connectivity index (χ2v) is 6.05. The van der Waals surface area contributed by atoms with Crippen LogP contribution < -0.4 is 5.32 Å². The fourth-order valence-electron chi connectivity index (χ4n) is 1.93. The van der Waals surface area contributed by atoms with Crippen LogP contribution in [0, 0.1) is 0 Å². The molecule has 2 aromatic rings. The lowest BCUT2D eigenvalue weighted by Gasteiger charge is -2.23. The Morgan fingerprint density at radius 2 is 2.33 bits per heavy atom. The molecule has 0 spiro atoms. The summed E-state index contributed by atoms with van der Waals surface area (Å²) >= 11 is 1.65. The summed E-state index contributed by atoms with van der Waals surface area (Å²) in [6.07, 6.45) is 5.90. The molecule has 0 radical (unpaired) electrons. The number of rotatable bonds is 7. The summed E-state index contributed by atoms with van der Waals surface area (Å²) < 4.78 is 0. The first-order valence-electron chi connectivity index (χ1n) is 6.89. The van der Waals surface area contributed by atoms with Crippen molar-refractivity contribution in [3.05, 3.63) is 46.7 Å². The van der Waals surface area contributed by atoms with Crippen LogP contribution in [-0.2, 0) is 17.8 Å². The predicted octanol–water partition coefficient (Wildman–Crippen LogP) is 1.72. The monoisotopic (exact) mass is 304 g/mol. The molecule has 5 nitrogen and oxygen atoms in total. The summed E-state index contributed by atoms with van der Waals surface area (Å²) in [6, 6.07) is 4.24. The Morgan fingerprint density at radius 3 is 3.00 bits per heavy atom. The van der Waals surface area contributed by atoms with Crippen molar-refractivity contribution in [2.75, 3.05) is 13.6 Å². The molecule has 0 aliphatic heterocycles. The number of nitrogens with one attached hydrogen (secondary N) is 1. The van der Waals surface area contributed by atoms with Crippen LogP contribution >= 0.6 is 11.3 Å². The molecule has 0 aliphatic rings. The van der Waals surface area contributed by atoms with E-state index in [1.165, 1.54) is 4.88 Å². The molecule has 0 saturated carbocycles. The summed E-state index contributed by atoms with van der Waals surface area (Å²) in [5, 5.41) is 4.95. The molecular formula is C15H20N4OS. The zero-order valence-electron chi connectivity index (χ0n) is 12.3. The molecule has 0 aliphatic carbocycles. The van der Waals surface area contributed by atoms with E-state index in [1.807, 2.05) is 29.5 Å². The third-order valence-electron chi connectivity index (χ3n) is 3.31. The van der Waals surface area contributed by atoms with Crippen molar-refractivity contribution in [2.24, 2.45) is 0 Å². The molecule has 2 heterocycles. The molecule has 1 N–H and O–H groups in total. The van der Waals surface area contributed by atoms with Crippen LogP contribution in [0.25, 0.3) is 0 Å². The van der Waals surface area contributed by atoms with Gasteiger partial charge in [-0.1, -0.05) is 6.07 Å². The second-order valence-electron chi connectivity index (χ2n) is 5.02. The van der Waals surface area contributed by atoms with Gasteiger partial charge in [0.15, 0.2) is 0 Å². The van der Waals surface area contributed by atoms with Crippen LogP contribution in [0.3, 0.4) is 0 Å². The van der Waals surface area contributed by atoms with Crippen LogP contribution in [0.4, 0.5) is 0 Å². The minimum atomic E-state index is 0.0388. The molecule has 0 saturated heterocycles. The first kappa shape index (κ1) is 15.6. The maximum atomic E-state index is 11.9. The largest absolute Gasteiger partial charge is 0.350 e. The Balaban J connectivity index is 1.74. The Hall–Kier alpha value is -1.79. The van der Waals surface area contributed by atoms with E-state index in [1.54, 1.807) is 29.9 Å². The first-order chi connectivity index (χ1) is 10.1. The highest BCUT2D eigenvalue weighted by molar-refractivity contribution is 7.09. The number of carbonyl (C=O) groups is 1. The molecule has 0 aromatic carbocycles. The molecule has 0 unspecified atom stereocenters. The summed E-state index contributed by atoms with van der Waals surface area (Å²) in [5.41, 5.74) is 0.941. The Kier molecular flexibility index (Phi) is 5.83. The topological polar surface area (TPSA) is 58.1 Å². The van der Waals surface area contributed by atoms with E-state index in [2.05, 4.69) is 22.2 Å². The highest BCUT2D eigenvalue weighted by Gasteiger charge is 2.14. The maximum Gasteiger partial charge on any atom is 0.234 e. The van der Waals surface area contributed by atoms with Gasteiger partial charge in [0.1, 0.15) is 0 Å². The minimum Gasteiger partial charge on any atom is -0.350 e. The number of likely N-dealkylation sites (N-methyl/N-ethyl adjacent to an activating group) is 1. The van der Waals surface area contributed by atoms with Crippen molar-refractivity contribution in [1.29, 1.82) is 0 Å². The number of aromatic nitrogens is 2. The van der Waals surface area contributed by atoms with E-state index in [0.29, 0.717) is 13.1 Å². The summed E-state index contributed by atoms with van der Waals surface area (Å²) in [5.74, 6) is 0.0388. The maximum absolute atomic E-state index is 11.9. The van der Waals surface area contributed by atoms with Gasteiger partial charge in [-0.15, -0.1) is 11.3 Å². The van der Waals surface area contributed by atoms with Gasteiger partial charge < -0.3 is 5.32 Å². The smallest absolute Gasteiger partial charge is 0.234 e. The number of hydrogen-bond acceptors (Lipinski definition) is 5. The summed E-state index contributed by atoms with van der Waals surface area (Å²) in [4.78, 5) is 23.4. The molecule has 2 rings (SSSR count). The lowest BCUT2D eigenvalue weighted by Crippen LogP contribution is -2.40. The summed E-state index contributed by atoms with van der Waals surface area (Å²) in [6.45, 7) is 3.07. The van der Waals surface area contributed by atoms with E-state index in [4.69, 9.17) is 0 Å². The van der Waals surface area contributed by atoms with Gasteiger partial charge in [-0.3, -0.25) is 19.7 Å². The lowest BCUT2D eigenvalue weighted by atomic mass is 10.1. The van der Waals surface area contributed by atoms with Crippen LogP contribution in [-0.4, -0.2) is 40.4 Å². The van der Waals surface area contributed by atoms with Crippen LogP contribution in [0.15, 0.2) is 36.1 Å². The van der Waals surface area contributed by atoms with Gasteiger partial charge >= 0.3 is 0 Å². The molecular weight excluding hydrogens is 284 g/mol. The normalized spacial score (nSPS) is 12.3. The first-order valence-corrected chi connectivity index (χ1v) is 7.77. The minimum absolute atomic E-state index is 0.0388. The van der Waals surface area contributed by atoms with Crippen molar-refractivity contribution in [1.82, 2.24) is 20.2 Å². The number of thiophene rings is 1. The van der Waals surface area contributed by atoms with Crippen LogP contribution in [0.5, 0.6) is 0 Å². The highest BCUT2D eigenvalue weighted by atomic mass is 32.1. The Bertz CT molecular complexity index is 544.